The largest absolute Gasteiger partial charge is 0.330 e. The van der Waals surface area contributed by atoms with Crippen LogP contribution in [0.3, 0.4) is 0 Å². The van der Waals surface area contributed by atoms with Gasteiger partial charge >= 0.3 is 0 Å². The van der Waals surface area contributed by atoms with Crippen LogP contribution in [0.2, 0.25) is 0 Å². The number of hydrogen-bond donors (Lipinski definition) is 1. The Kier molecular flexibility index (Phi) is 3.68. The van der Waals surface area contributed by atoms with Crippen LogP contribution in [0.4, 0.5) is 4.39 Å². The average molecular weight is 317 g/mol. The molecule has 0 aliphatic heterocycles. The molecule has 2 rings (SSSR count). The lowest BCUT2D eigenvalue weighted by atomic mass is 10.1. The van der Waals surface area contributed by atoms with Gasteiger partial charge in [-0.1, -0.05) is 13.8 Å². The minimum absolute atomic E-state index is 0.273. The van der Waals surface area contributed by atoms with Crippen molar-refractivity contribution in [1.29, 1.82) is 0 Å². The van der Waals surface area contributed by atoms with Gasteiger partial charge in [0.15, 0.2) is 4.77 Å². The molecule has 1 N–H and O–H groups in total. The molecule has 92 valence electrons. The topological polar surface area (TPSA) is 20.7 Å². The summed E-state index contributed by atoms with van der Waals surface area (Å²) in [5.74, 6) is -0.273. The number of nitrogens with zero attached hydrogens (tertiary/aromatic N) is 1. The Morgan fingerprint density at radius 3 is 2.65 bits per heavy atom. The molecular formula is C12H14BrFN2S. The summed E-state index contributed by atoms with van der Waals surface area (Å²) < 4.78 is 16.7. The highest BCUT2D eigenvalue weighted by molar-refractivity contribution is 9.10. The molecule has 2 nitrogen and oxygen atoms in total. The number of aromatic nitrogens is 2. The van der Waals surface area contributed by atoms with E-state index >= 15 is 0 Å². The number of halogens is 2. The van der Waals surface area contributed by atoms with Crippen molar-refractivity contribution in [2.75, 3.05) is 0 Å². The highest BCUT2D eigenvalue weighted by Crippen LogP contribution is 2.27. The van der Waals surface area contributed by atoms with E-state index in [1.54, 1.807) is 6.07 Å². The zero-order valence-electron chi connectivity index (χ0n) is 9.76. The second-order valence-electron chi connectivity index (χ2n) is 4.05. The Hall–Kier alpha value is -0.680. The van der Waals surface area contributed by atoms with Crippen LogP contribution in [0, 0.1) is 10.6 Å². The van der Waals surface area contributed by atoms with Crippen molar-refractivity contribution in [2.24, 2.45) is 0 Å². The van der Waals surface area contributed by atoms with Crippen molar-refractivity contribution in [3.63, 3.8) is 0 Å². The molecule has 0 atom stereocenters. The average Bonchev–Trinajstić information content (AvgIpc) is 2.59. The normalized spacial score (nSPS) is 11.6. The number of imidazole rings is 1. The first-order chi connectivity index (χ1) is 8.08. The predicted molar refractivity (Wildman–Crippen MR) is 74.4 cm³/mol. The molecule has 0 amide bonds. The Morgan fingerprint density at radius 1 is 1.41 bits per heavy atom. The monoisotopic (exact) mass is 316 g/mol. The zero-order chi connectivity index (χ0) is 12.6. The molecule has 0 aliphatic carbocycles. The zero-order valence-corrected chi connectivity index (χ0v) is 12.2. The summed E-state index contributed by atoms with van der Waals surface area (Å²) in [6.45, 7) is 4.26. The van der Waals surface area contributed by atoms with Gasteiger partial charge in [-0.2, -0.15) is 0 Å². The molecule has 17 heavy (non-hydrogen) atoms. The predicted octanol–water partition coefficient (Wildman–Crippen LogP) is 4.96. The van der Waals surface area contributed by atoms with Gasteiger partial charge in [-0.05, 0) is 47.1 Å². The van der Waals surface area contributed by atoms with Gasteiger partial charge in [-0.25, -0.2) is 4.39 Å². The number of H-pyrrole nitrogens is 1. The summed E-state index contributed by atoms with van der Waals surface area (Å²) in [6.07, 6.45) is 2.01. The third-order valence-corrected chi connectivity index (χ3v) is 3.97. The van der Waals surface area contributed by atoms with Crippen LogP contribution >= 0.6 is 28.1 Å². The summed E-state index contributed by atoms with van der Waals surface area (Å²) >= 11 is 8.53. The molecule has 2 aromatic rings. The maximum atomic E-state index is 13.4. The fourth-order valence-electron chi connectivity index (χ4n) is 2.14. The number of hydrogen-bond acceptors (Lipinski definition) is 1. The number of rotatable bonds is 3. The summed E-state index contributed by atoms with van der Waals surface area (Å²) in [7, 11) is 0. The molecule has 0 fully saturated rings. The fraction of sp³-hybridized carbons (Fsp3) is 0.417. The minimum atomic E-state index is -0.273. The molecular weight excluding hydrogens is 303 g/mol. The van der Waals surface area contributed by atoms with E-state index in [2.05, 4.69) is 39.3 Å². The lowest BCUT2D eigenvalue weighted by molar-refractivity contribution is 0.478. The molecule has 0 bridgehead atoms. The molecule has 0 saturated heterocycles. The van der Waals surface area contributed by atoms with E-state index in [0.717, 1.165) is 23.9 Å². The maximum Gasteiger partial charge on any atom is 0.178 e. The van der Waals surface area contributed by atoms with Crippen molar-refractivity contribution in [1.82, 2.24) is 9.55 Å². The molecule has 0 aliphatic rings. The van der Waals surface area contributed by atoms with Gasteiger partial charge in [0.1, 0.15) is 5.82 Å². The third-order valence-electron chi connectivity index (χ3n) is 3.07. The minimum Gasteiger partial charge on any atom is -0.330 e. The first kappa shape index (κ1) is 12.8. The molecule has 0 unspecified atom stereocenters. The van der Waals surface area contributed by atoms with Crippen LogP contribution in [-0.2, 0) is 0 Å². The Labute approximate surface area is 113 Å². The molecule has 5 heteroatoms. The number of fused-ring (bicyclic) bond motifs is 1. The van der Waals surface area contributed by atoms with Crippen molar-refractivity contribution >= 4 is 39.2 Å². The van der Waals surface area contributed by atoms with Gasteiger partial charge in [-0.15, -0.1) is 0 Å². The van der Waals surface area contributed by atoms with Crippen LogP contribution in [0.5, 0.6) is 0 Å². The highest BCUT2D eigenvalue weighted by atomic mass is 79.9. The molecule has 1 aromatic heterocycles. The summed E-state index contributed by atoms with van der Waals surface area (Å²) in [5, 5.41) is 0. The van der Waals surface area contributed by atoms with Gasteiger partial charge in [0, 0.05) is 12.1 Å². The lowest BCUT2D eigenvalue weighted by Crippen LogP contribution is -2.06. The van der Waals surface area contributed by atoms with E-state index in [9.17, 15) is 4.39 Å². The van der Waals surface area contributed by atoms with E-state index in [-0.39, 0.29) is 5.82 Å². The lowest BCUT2D eigenvalue weighted by Gasteiger charge is -2.15. The van der Waals surface area contributed by atoms with Gasteiger partial charge in [0.25, 0.3) is 0 Å². The second kappa shape index (κ2) is 4.90. The van der Waals surface area contributed by atoms with E-state index in [1.807, 2.05) is 0 Å². The number of aromatic amines is 1. The van der Waals surface area contributed by atoms with Crippen LogP contribution in [0.15, 0.2) is 16.6 Å². The molecule has 1 heterocycles. The maximum absolute atomic E-state index is 13.4. The number of benzene rings is 1. The van der Waals surface area contributed by atoms with E-state index < -0.39 is 0 Å². The van der Waals surface area contributed by atoms with E-state index in [4.69, 9.17) is 12.2 Å². The SMILES string of the molecule is CCC(CC)n1c(=S)[nH]c2cc(F)c(Br)cc21. The van der Waals surface area contributed by atoms with Crippen LogP contribution in [-0.4, -0.2) is 9.55 Å². The smallest absolute Gasteiger partial charge is 0.178 e. The van der Waals surface area contributed by atoms with E-state index in [0.29, 0.717) is 15.3 Å². The van der Waals surface area contributed by atoms with Crippen molar-refractivity contribution in [3.05, 3.63) is 27.2 Å². The Bertz CT molecular complexity index is 598. The summed E-state index contributed by atoms with van der Waals surface area (Å²) in [6, 6.07) is 3.62. The van der Waals surface area contributed by atoms with E-state index in [1.165, 1.54) is 6.07 Å². The quantitative estimate of drug-likeness (QED) is 0.793. The Morgan fingerprint density at radius 2 is 2.06 bits per heavy atom. The first-order valence-electron chi connectivity index (χ1n) is 5.67. The number of nitrogens with one attached hydrogen (secondary N) is 1. The standard InChI is InChI=1S/C12H14BrFN2S/c1-3-7(4-2)16-11-5-8(13)9(14)6-10(11)15-12(16)17/h5-7H,3-4H2,1-2H3,(H,15,17). The van der Waals surface area contributed by atoms with Gasteiger partial charge < -0.3 is 9.55 Å². The van der Waals surface area contributed by atoms with Crippen LogP contribution < -0.4 is 0 Å². The van der Waals surface area contributed by atoms with Gasteiger partial charge in [0.05, 0.1) is 15.5 Å². The van der Waals surface area contributed by atoms with Crippen molar-refractivity contribution in [2.45, 2.75) is 32.7 Å². The molecule has 0 radical (unpaired) electrons. The molecule has 1 aromatic carbocycles. The van der Waals surface area contributed by atoms with Gasteiger partial charge in [-0.3, -0.25) is 0 Å². The fourth-order valence-corrected chi connectivity index (χ4v) is 2.83. The van der Waals surface area contributed by atoms with Crippen molar-refractivity contribution < 1.29 is 4.39 Å². The first-order valence-corrected chi connectivity index (χ1v) is 6.87. The highest BCUT2D eigenvalue weighted by Gasteiger charge is 2.14. The molecule has 0 spiro atoms. The van der Waals surface area contributed by atoms with Crippen LogP contribution in [0.1, 0.15) is 32.7 Å². The third kappa shape index (κ3) is 2.18. The summed E-state index contributed by atoms with van der Waals surface area (Å²) in [5.41, 5.74) is 1.71. The Balaban J connectivity index is 2.74. The van der Waals surface area contributed by atoms with Crippen molar-refractivity contribution in [3.8, 4) is 0 Å². The van der Waals surface area contributed by atoms with Crippen LogP contribution in [0.25, 0.3) is 11.0 Å². The second-order valence-corrected chi connectivity index (χ2v) is 5.29. The molecule has 0 saturated carbocycles. The summed E-state index contributed by atoms with van der Waals surface area (Å²) in [4.78, 5) is 3.06. The van der Waals surface area contributed by atoms with Gasteiger partial charge in [0.2, 0.25) is 0 Å².